The van der Waals surface area contributed by atoms with Crippen LogP contribution in [0.5, 0.6) is 0 Å². The average Bonchev–Trinajstić information content (AvgIpc) is 3.84. The van der Waals surface area contributed by atoms with E-state index in [0.29, 0.717) is 0 Å². The van der Waals surface area contributed by atoms with Gasteiger partial charge in [-0.25, -0.2) is 0 Å². The lowest BCUT2D eigenvalue weighted by Crippen LogP contribution is -2.01. The number of rotatable bonds is 6. The van der Waals surface area contributed by atoms with Crippen LogP contribution in [-0.2, 0) is 17.6 Å². The lowest BCUT2D eigenvalue weighted by Gasteiger charge is -2.11. The first-order valence-corrected chi connectivity index (χ1v) is 19.7. The van der Waals surface area contributed by atoms with Crippen molar-refractivity contribution in [1.82, 2.24) is 0 Å². The fraction of sp³-hybridized carbons (Fsp3) is 0.696. The van der Waals surface area contributed by atoms with Crippen LogP contribution in [-0.4, -0.2) is 13.2 Å². The van der Waals surface area contributed by atoms with Crippen molar-refractivity contribution in [2.45, 2.75) is 160 Å². The van der Waals surface area contributed by atoms with Gasteiger partial charge in [0.1, 0.15) is 0 Å². The molecule has 1 aliphatic heterocycles. The van der Waals surface area contributed by atoms with Gasteiger partial charge in [0, 0.05) is 13.2 Å². The topological polar surface area (TPSA) is 9.23 Å². The summed E-state index contributed by atoms with van der Waals surface area (Å²) in [6, 6.07) is 21.3. The normalized spacial score (nSPS) is 14.8. The van der Waals surface area contributed by atoms with Crippen molar-refractivity contribution < 1.29 is 4.74 Å². The fourth-order valence-corrected chi connectivity index (χ4v) is 4.91. The van der Waals surface area contributed by atoms with E-state index in [4.69, 9.17) is 4.74 Å². The number of benzene rings is 2. The monoisotopic (exact) mass is 651 g/mol. The van der Waals surface area contributed by atoms with Crippen LogP contribution in [0.15, 0.2) is 72.8 Å². The summed E-state index contributed by atoms with van der Waals surface area (Å²) < 4.78 is 4.94. The largest absolute Gasteiger partial charge is 0.381 e. The summed E-state index contributed by atoms with van der Waals surface area (Å²) >= 11 is 0. The highest BCUT2D eigenvalue weighted by Crippen LogP contribution is 2.30. The maximum Gasteiger partial charge on any atom is 0.0466 e. The summed E-state index contributed by atoms with van der Waals surface area (Å²) in [5.41, 5.74) is 2.90. The minimum Gasteiger partial charge on any atom is -0.381 e. The minimum atomic E-state index is 0.766. The molecule has 0 amide bonds. The van der Waals surface area contributed by atoms with Crippen LogP contribution in [0.3, 0.4) is 0 Å². The number of allylic oxidation sites excluding steroid dienone is 2. The van der Waals surface area contributed by atoms with Gasteiger partial charge in [-0.15, -0.1) is 0 Å². The first kappa shape index (κ1) is 47.3. The zero-order chi connectivity index (χ0) is 35.7. The van der Waals surface area contributed by atoms with Crippen LogP contribution in [0.4, 0.5) is 0 Å². The third-order valence-electron chi connectivity index (χ3n) is 7.42. The summed E-state index contributed by atoms with van der Waals surface area (Å²) in [6.07, 6.45) is 20.7. The second-order valence-corrected chi connectivity index (χ2v) is 16.0. The zero-order valence-electron chi connectivity index (χ0n) is 33.7. The molecule has 1 nitrogen and oxygen atoms in total. The van der Waals surface area contributed by atoms with Gasteiger partial charge in [-0.05, 0) is 98.0 Å². The van der Waals surface area contributed by atoms with Crippen LogP contribution in [0.2, 0.25) is 0 Å². The zero-order valence-corrected chi connectivity index (χ0v) is 33.7. The van der Waals surface area contributed by atoms with E-state index in [0.717, 1.165) is 48.7 Å². The Bertz CT molecular complexity index is 843. The Hall–Kier alpha value is -1.86. The molecule has 2 aromatic carbocycles. The molecule has 1 saturated heterocycles. The summed E-state index contributed by atoms with van der Waals surface area (Å²) in [7, 11) is 0. The van der Waals surface area contributed by atoms with Crippen molar-refractivity contribution in [3.63, 3.8) is 0 Å². The molecular weight excluding hydrogens is 569 g/mol. The van der Waals surface area contributed by atoms with E-state index in [2.05, 4.69) is 156 Å². The Kier molecular flexibility index (Phi) is 34.2. The molecule has 5 rings (SSSR count). The van der Waals surface area contributed by atoms with E-state index in [1.807, 2.05) is 0 Å². The first-order valence-electron chi connectivity index (χ1n) is 19.7. The van der Waals surface area contributed by atoms with Crippen molar-refractivity contribution in [3.05, 3.63) is 83.9 Å². The van der Waals surface area contributed by atoms with E-state index in [-0.39, 0.29) is 0 Å². The summed E-state index contributed by atoms with van der Waals surface area (Å²) in [6.45, 7) is 28.7. The van der Waals surface area contributed by atoms with Crippen molar-refractivity contribution >= 4 is 0 Å². The first-order chi connectivity index (χ1) is 22.3. The van der Waals surface area contributed by atoms with Crippen LogP contribution < -0.4 is 0 Å². The van der Waals surface area contributed by atoms with Gasteiger partial charge in [0.15, 0.2) is 0 Å². The molecule has 0 atom stereocenters. The van der Waals surface area contributed by atoms with E-state index < -0.39 is 0 Å². The molecule has 2 aliphatic carbocycles. The molecule has 0 bridgehead atoms. The SMILES string of the molecule is C1=CCCC1.C1CCOC1.CC(C)C.CC(C)C.CC(C)C1CCCC1.CC(C)CCc1ccccc1.CC(C)Cc1ccccc1. The van der Waals surface area contributed by atoms with Gasteiger partial charge >= 0.3 is 0 Å². The van der Waals surface area contributed by atoms with Gasteiger partial charge in [0.2, 0.25) is 0 Å². The Morgan fingerprint density at radius 3 is 1.23 bits per heavy atom. The van der Waals surface area contributed by atoms with Crippen molar-refractivity contribution in [2.24, 2.45) is 35.5 Å². The van der Waals surface area contributed by atoms with E-state index in [9.17, 15) is 0 Å². The summed E-state index contributed by atoms with van der Waals surface area (Å²) in [5, 5.41) is 0. The molecule has 1 saturated carbocycles. The molecule has 1 heteroatoms. The molecule has 3 aliphatic rings. The highest BCUT2D eigenvalue weighted by molar-refractivity contribution is 5.15. The fourth-order valence-electron chi connectivity index (χ4n) is 4.91. The predicted molar refractivity (Wildman–Crippen MR) is 215 cm³/mol. The molecule has 2 aromatic rings. The Morgan fingerprint density at radius 1 is 0.532 bits per heavy atom. The van der Waals surface area contributed by atoms with E-state index in [1.54, 1.807) is 0 Å². The number of hydrogen-bond donors (Lipinski definition) is 0. The lowest BCUT2D eigenvalue weighted by atomic mass is 9.95. The van der Waals surface area contributed by atoms with Crippen molar-refractivity contribution in [1.29, 1.82) is 0 Å². The van der Waals surface area contributed by atoms with Gasteiger partial charge in [0.25, 0.3) is 0 Å². The molecule has 0 spiro atoms. The Labute approximate surface area is 296 Å². The van der Waals surface area contributed by atoms with Crippen LogP contribution >= 0.6 is 0 Å². The summed E-state index contributed by atoms with van der Waals surface area (Å²) in [4.78, 5) is 0. The quantitative estimate of drug-likeness (QED) is 0.283. The van der Waals surface area contributed by atoms with Gasteiger partial charge in [0.05, 0.1) is 0 Å². The second-order valence-electron chi connectivity index (χ2n) is 16.0. The maximum atomic E-state index is 4.94. The second kappa shape index (κ2) is 34.0. The standard InChI is InChI=1S/C11H16.C10H14.C8H16.C5H8.C4H8O.2C4H10/c1-10(2)8-9-11-6-4-3-5-7-11;1-9(2)8-10-6-4-3-5-7-10;1-7(2)8-5-3-4-6-8;2*1-2-4-5-3-1;2*1-4(2)3/h3-7,10H,8-9H2,1-2H3;3-7,9H,8H2,1-2H3;7-8H,3-6H2,1-2H3;1-2H,3-5H2;1-4H2;2*4H,1-3H3. The van der Waals surface area contributed by atoms with Gasteiger partial charge < -0.3 is 4.74 Å². The number of aryl methyl sites for hydroxylation is 1. The van der Waals surface area contributed by atoms with Crippen LogP contribution in [0.1, 0.15) is 158 Å². The van der Waals surface area contributed by atoms with Crippen molar-refractivity contribution in [2.75, 3.05) is 13.2 Å². The molecule has 272 valence electrons. The minimum absolute atomic E-state index is 0.766. The highest BCUT2D eigenvalue weighted by atomic mass is 16.5. The maximum absolute atomic E-state index is 4.94. The van der Waals surface area contributed by atoms with Gasteiger partial charge in [-0.2, -0.15) is 0 Å². The Balaban J connectivity index is 0. The van der Waals surface area contributed by atoms with E-state index >= 15 is 0 Å². The molecule has 2 fully saturated rings. The molecule has 0 unspecified atom stereocenters. The van der Waals surface area contributed by atoms with Gasteiger partial charge in [-0.1, -0.05) is 182 Å². The van der Waals surface area contributed by atoms with E-state index in [1.165, 1.54) is 88.2 Å². The smallest absolute Gasteiger partial charge is 0.0466 e. The molecule has 0 N–H and O–H groups in total. The Morgan fingerprint density at radius 2 is 0.957 bits per heavy atom. The number of hydrogen-bond acceptors (Lipinski definition) is 1. The molecule has 0 aromatic heterocycles. The molecular formula is C46H82O. The van der Waals surface area contributed by atoms with Crippen molar-refractivity contribution in [3.8, 4) is 0 Å². The van der Waals surface area contributed by atoms with Gasteiger partial charge in [-0.3, -0.25) is 0 Å². The molecule has 47 heavy (non-hydrogen) atoms. The molecule has 0 radical (unpaired) electrons. The average molecular weight is 651 g/mol. The third-order valence-corrected chi connectivity index (χ3v) is 7.42. The molecule has 1 heterocycles. The third kappa shape index (κ3) is 40.2. The predicted octanol–water partition coefficient (Wildman–Crippen LogP) is 14.8. The lowest BCUT2D eigenvalue weighted by molar-refractivity contribution is 0.198. The summed E-state index contributed by atoms with van der Waals surface area (Å²) in [5.74, 6) is 5.25. The highest BCUT2D eigenvalue weighted by Gasteiger charge is 2.17. The van der Waals surface area contributed by atoms with Crippen LogP contribution in [0.25, 0.3) is 0 Å². The van der Waals surface area contributed by atoms with Crippen LogP contribution in [0, 0.1) is 35.5 Å². The number of ether oxygens (including phenoxy) is 1.